The van der Waals surface area contributed by atoms with E-state index in [4.69, 9.17) is 29.9 Å². The molecular weight excluding hydrogens is 432 g/mol. The van der Waals surface area contributed by atoms with Crippen molar-refractivity contribution in [1.82, 2.24) is 20.3 Å². The van der Waals surface area contributed by atoms with Gasteiger partial charge in [-0.25, -0.2) is 9.97 Å². The molecule has 0 amide bonds. The minimum absolute atomic E-state index is 0.521. The molecule has 0 radical (unpaired) electrons. The van der Waals surface area contributed by atoms with Gasteiger partial charge in [0.1, 0.15) is 5.82 Å². The molecule has 0 atom stereocenters. The zero-order valence-electron chi connectivity index (χ0n) is 19.5. The van der Waals surface area contributed by atoms with Gasteiger partial charge in [0.15, 0.2) is 17.3 Å². The number of nitrogen functional groups attached to an aromatic ring is 1. The van der Waals surface area contributed by atoms with Crippen molar-refractivity contribution in [2.45, 2.75) is 20.0 Å². The van der Waals surface area contributed by atoms with Gasteiger partial charge in [-0.05, 0) is 43.3 Å². The van der Waals surface area contributed by atoms with E-state index in [1.54, 1.807) is 21.3 Å². The molecule has 3 heterocycles. The largest absolute Gasteiger partial charge is 0.493 e. The highest BCUT2D eigenvalue weighted by molar-refractivity contribution is 5.93. The fourth-order valence-corrected chi connectivity index (χ4v) is 4.22. The third kappa shape index (κ3) is 3.80. The highest BCUT2D eigenvalue weighted by atomic mass is 16.5. The Hall–Kier alpha value is -4.11. The first kappa shape index (κ1) is 21.7. The first-order valence-electron chi connectivity index (χ1n) is 10.9. The fourth-order valence-electron chi connectivity index (χ4n) is 4.22. The Bertz CT molecular complexity index is 1380. The summed E-state index contributed by atoms with van der Waals surface area (Å²) in [7, 11) is 4.75. The van der Waals surface area contributed by atoms with Gasteiger partial charge in [-0.3, -0.25) is 4.98 Å². The van der Waals surface area contributed by atoms with E-state index in [2.05, 4.69) is 15.6 Å². The average Bonchev–Trinajstić information content (AvgIpc) is 3.32. The molecular formula is C25H26N6O3. The number of benzene rings is 2. The van der Waals surface area contributed by atoms with E-state index in [0.29, 0.717) is 41.8 Å². The van der Waals surface area contributed by atoms with Gasteiger partial charge >= 0.3 is 0 Å². The predicted molar refractivity (Wildman–Crippen MR) is 132 cm³/mol. The molecule has 5 rings (SSSR count). The lowest BCUT2D eigenvalue weighted by Crippen LogP contribution is -2.05. The molecule has 1 aliphatic rings. The number of methoxy groups -OCH3 is 3. The average molecular weight is 459 g/mol. The molecule has 0 aliphatic carbocycles. The van der Waals surface area contributed by atoms with E-state index in [9.17, 15) is 0 Å². The van der Waals surface area contributed by atoms with E-state index >= 15 is 0 Å². The number of rotatable bonds is 6. The molecule has 4 N–H and O–H groups in total. The molecule has 0 fully saturated rings. The second-order valence-corrected chi connectivity index (χ2v) is 8.05. The lowest BCUT2D eigenvalue weighted by molar-refractivity contribution is 0.324. The molecule has 34 heavy (non-hydrogen) atoms. The number of ether oxygens (including phenoxy) is 3. The Balaban J connectivity index is 1.59. The van der Waals surface area contributed by atoms with Crippen molar-refractivity contribution < 1.29 is 14.2 Å². The summed E-state index contributed by atoms with van der Waals surface area (Å²) in [5, 5.41) is 7.72. The number of fused-ring (bicyclic) bond motifs is 2. The summed E-state index contributed by atoms with van der Waals surface area (Å²) in [6, 6.07) is 11.5. The second-order valence-electron chi connectivity index (χ2n) is 8.05. The van der Waals surface area contributed by atoms with Crippen LogP contribution in [0.4, 0.5) is 17.2 Å². The van der Waals surface area contributed by atoms with Crippen LogP contribution in [0.15, 0.2) is 36.4 Å². The number of pyridine rings is 1. The zero-order valence-corrected chi connectivity index (χ0v) is 19.5. The summed E-state index contributed by atoms with van der Waals surface area (Å²) in [5.41, 5.74) is 12.3. The van der Waals surface area contributed by atoms with Gasteiger partial charge in [0.2, 0.25) is 5.75 Å². The van der Waals surface area contributed by atoms with E-state index < -0.39 is 0 Å². The van der Waals surface area contributed by atoms with Gasteiger partial charge in [0.05, 0.1) is 32.5 Å². The quantitative estimate of drug-likeness (QED) is 0.395. The molecule has 9 nitrogen and oxygen atoms in total. The smallest absolute Gasteiger partial charge is 0.203 e. The number of anilines is 3. The summed E-state index contributed by atoms with van der Waals surface area (Å²) in [6.07, 6.45) is 0. The van der Waals surface area contributed by atoms with Crippen molar-refractivity contribution in [1.29, 1.82) is 0 Å². The highest BCUT2D eigenvalue weighted by Crippen LogP contribution is 2.41. The van der Waals surface area contributed by atoms with Crippen LogP contribution < -0.4 is 30.6 Å². The van der Waals surface area contributed by atoms with Crippen molar-refractivity contribution in [3.05, 3.63) is 53.3 Å². The van der Waals surface area contributed by atoms with E-state index in [-0.39, 0.29) is 0 Å². The SMILES string of the molecule is COc1cc(-c2nc3c(c(Nc4ccc5nc(C)cc(N)c5c4)n2)CNC3)cc(OC)c1OC. The summed E-state index contributed by atoms with van der Waals surface area (Å²) < 4.78 is 16.5. The molecule has 0 spiro atoms. The van der Waals surface area contributed by atoms with E-state index in [1.807, 2.05) is 43.3 Å². The molecule has 174 valence electrons. The number of aromatic nitrogens is 3. The maximum Gasteiger partial charge on any atom is 0.203 e. The number of hydrogen-bond donors (Lipinski definition) is 3. The predicted octanol–water partition coefficient (Wildman–Crippen LogP) is 3.96. The first-order valence-corrected chi connectivity index (χ1v) is 10.9. The normalized spacial score (nSPS) is 12.5. The van der Waals surface area contributed by atoms with E-state index in [1.165, 1.54) is 0 Å². The Morgan fingerprint density at radius 2 is 1.68 bits per heavy atom. The molecule has 0 saturated heterocycles. The molecule has 4 aromatic rings. The van der Waals surface area contributed by atoms with Crippen LogP contribution in [0.3, 0.4) is 0 Å². The van der Waals surface area contributed by atoms with E-state index in [0.717, 1.165) is 44.9 Å². The number of nitrogens with two attached hydrogens (primary N) is 1. The number of nitrogens with zero attached hydrogens (tertiary/aromatic N) is 3. The summed E-state index contributed by atoms with van der Waals surface area (Å²) >= 11 is 0. The van der Waals surface area contributed by atoms with Crippen LogP contribution in [0.1, 0.15) is 17.0 Å². The van der Waals surface area contributed by atoms with Gasteiger partial charge in [0, 0.05) is 46.7 Å². The Labute approximate surface area is 197 Å². The van der Waals surface area contributed by atoms with Gasteiger partial charge in [-0.15, -0.1) is 0 Å². The number of nitrogens with one attached hydrogen (secondary N) is 2. The van der Waals surface area contributed by atoms with Crippen molar-refractivity contribution in [2.24, 2.45) is 0 Å². The Morgan fingerprint density at radius 1 is 0.912 bits per heavy atom. The van der Waals surface area contributed by atoms with Crippen LogP contribution >= 0.6 is 0 Å². The molecule has 9 heteroatoms. The first-order chi connectivity index (χ1) is 16.5. The van der Waals surface area contributed by atoms with Crippen molar-refractivity contribution in [3.63, 3.8) is 0 Å². The topological polar surface area (TPSA) is 116 Å². The Kier molecular flexibility index (Phi) is 5.54. The van der Waals surface area contributed by atoms with Crippen molar-refractivity contribution in [2.75, 3.05) is 32.4 Å². The van der Waals surface area contributed by atoms with Gasteiger partial charge < -0.3 is 30.6 Å². The van der Waals surface area contributed by atoms with Crippen LogP contribution in [-0.4, -0.2) is 36.3 Å². The maximum atomic E-state index is 6.25. The van der Waals surface area contributed by atoms with Crippen LogP contribution in [0.2, 0.25) is 0 Å². The standard InChI is InChI=1S/C25H26N6O3/c1-13-7-18(26)16-10-15(5-6-19(16)28-13)29-25-17-11-27-12-20(17)30-24(31-25)14-8-21(32-2)23(34-4)22(9-14)33-3/h5-10,27H,11-12H2,1-4H3,(H2,26,28)(H,29,30,31). The second kappa shape index (κ2) is 8.68. The van der Waals surface area contributed by atoms with Crippen molar-refractivity contribution in [3.8, 4) is 28.6 Å². The van der Waals surface area contributed by atoms with Crippen LogP contribution in [-0.2, 0) is 13.1 Å². The molecule has 1 aliphatic heterocycles. The lowest BCUT2D eigenvalue weighted by atomic mass is 10.1. The highest BCUT2D eigenvalue weighted by Gasteiger charge is 2.22. The van der Waals surface area contributed by atoms with Gasteiger partial charge in [0.25, 0.3) is 0 Å². The summed E-state index contributed by atoms with van der Waals surface area (Å²) in [4.78, 5) is 14.2. The third-order valence-corrected chi connectivity index (χ3v) is 5.84. The number of hydrogen-bond acceptors (Lipinski definition) is 9. The van der Waals surface area contributed by atoms with Crippen LogP contribution in [0.25, 0.3) is 22.3 Å². The molecule has 0 unspecified atom stereocenters. The lowest BCUT2D eigenvalue weighted by Gasteiger charge is -2.16. The van der Waals surface area contributed by atoms with Gasteiger partial charge in [-0.2, -0.15) is 0 Å². The monoisotopic (exact) mass is 458 g/mol. The summed E-state index contributed by atoms with van der Waals surface area (Å²) in [5.74, 6) is 2.90. The van der Waals surface area contributed by atoms with Gasteiger partial charge in [-0.1, -0.05) is 0 Å². The van der Waals surface area contributed by atoms with Crippen molar-refractivity contribution >= 4 is 28.1 Å². The molecule has 2 aromatic heterocycles. The number of aryl methyl sites for hydroxylation is 1. The Morgan fingerprint density at radius 3 is 2.38 bits per heavy atom. The minimum Gasteiger partial charge on any atom is -0.493 e. The molecule has 0 saturated carbocycles. The maximum absolute atomic E-state index is 6.25. The zero-order chi connectivity index (χ0) is 23.8. The molecule has 0 bridgehead atoms. The minimum atomic E-state index is 0.521. The fraction of sp³-hybridized carbons (Fsp3) is 0.240. The van der Waals surface area contributed by atoms with Crippen LogP contribution in [0, 0.1) is 6.92 Å². The third-order valence-electron chi connectivity index (χ3n) is 5.84. The van der Waals surface area contributed by atoms with Crippen LogP contribution in [0.5, 0.6) is 17.2 Å². The molecule has 2 aromatic carbocycles. The summed E-state index contributed by atoms with van der Waals surface area (Å²) in [6.45, 7) is 3.28.